The summed E-state index contributed by atoms with van der Waals surface area (Å²) in [6.07, 6.45) is 8.88. The van der Waals surface area contributed by atoms with E-state index in [4.69, 9.17) is 0 Å². The number of nitrogens with one attached hydrogen (secondary N) is 12. The van der Waals surface area contributed by atoms with Crippen LogP contribution < -0.4 is 63.8 Å². The Kier molecular flexibility index (Phi) is 47.7. The van der Waals surface area contributed by atoms with Gasteiger partial charge in [0, 0.05) is 83.1 Å². The van der Waals surface area contributed by atoms with Crippen molar-refractivity contribution in [2.45, 2.75) is 192 Å². The van der Waals surface area contributed by atoms with Crippen LogP contribution in [0.5, 0.6) is 0 Å². The molecule has 0 heterocycles. The number of carbonyl (C=O) groups excluding carboxylic acids is 12. The smallest absolute Gasteiger partial charge is 0.253 e. The molecule has 0 aliphatic carbocycles. The van der Waals surface area contributed by atoms with Crippen molar-refractivity contribution in [3.63, 3.8) is 0 Å². The van der Waals surface area contributed by atoms with Gasteiger partial charge in [0.15, 0.2) is 22.4 Å². The zero-order valence-corrected chi connectivity index (χ0v) is 53.7. The Hall–Kier alpha value is -6.52. The molecule has 0 bridgehead atoms. The quantitative estimate of drug-likeness (QED) is 0.0342. The van der Waals surface area contributed by atoms with Gasteiger partial charge in [0.2, 0.25) is 47.3 Å². The van der Waals surface area contributed by atoms with Gasteiger partial charge in [0.25, 0.3) is 23.6 Å². The van der Waals surface area contributed by atoms with Crippen molar-refractivity contribution >= 4 is 70.9 Å². The zero-order chi connectivity index (χ0) is 66.4. The van der Waals surface area contributed by atoms with E-state index in [0.717, 1.165) is 77.0 Å². The van der Waals surface area contributed by atoms with Crippen molar-refractivity contribution in [2.24, 2.45) is 17.8 Å². The van der Waals surface area contributed by atoms with Crippen LogP contribution >= 0.6 is 0 Å². The summed E-state index contributed by atoms with van der Waals surface area (Å²) in [6, 6.07) is 0. The number of amides is 12. The molecule has 0 aromatic rings. The molecular weight excluding hydrogens is 1110 g/mol. The summed E-state index contributed by atoms with van der Waals surface area (Å²) < 4.78 is 0. The molecule has 85 heavy (non-hydrogen) atoms. The fourth-order valence-corrected chi connectivity index (χ4v) is 8.12. The van der Waals surface area contributed by atoms with E-state index in [2.05, 4.69) is 105 Å². The average molecular weight is 1220 g/mol. The second-order valence-corrected chi connectivity index (χ2v) is 20.9. The number of unbranched alkanes of at least 4 members (excludes halogenated alkanes) is 3. The Labute approximate surface area is 504 Å². The van der Waals surface area contributed by atoms with Crippen LogP contribution in [-0.4, -0.2) is 197 Å². The summed E-state index contributed by atoms with van der Waals surface area (Å²) in [5.74, 6) is -5.79. The molecule has 0 aromatic carbocycles. The van der Waals surface area contributed by atoms with E-state index >= 15 is 0 Å². The van der Waals surface area contributed by atoms with Crippen LogP contribution in [-0.2, 0) is 57.5 Å². The van der Waals surface area contributed by atoms with E-state index in [-0.39, 0.29) is 0 Å². The minimum atomic E-state index is -2.08. The minimum absolute atomic E-state index is 0.309. The molecule has 0 saturated carbocycles. The summed E-state index contributed by atoms with van der Waals surface area (Å²) in [6.45, 7) is 14.2. The monoisotopic (exact) mass is 1220 g/mol. The molecule has 0 aliphatic rings. The number of rotatable bonds is 38. The first-order valence-corrected chi connectivity index (χ1v) is 29.5. The Morgan fingerprint density at radius 2 is 0.471 bits per heavy atom. The second kappa shape index (κ2) is 47.7. The molecule has 12 amide bonds. The van der Waals surface area contributed by atoms with Crippen molar-refractivity contribution in [3.05, 3.63) is 0 Å². The maximum Gasteiger partial charge on any atom is 0.253 e. The molecule has 0 aliphatic heterocycles. The normalized spacial score (nSPS) is 12.6. The van der Waals surface area contributed by atoms with Gasteiger partial charge in [0.1, 0.15) is 0 Å². The van der Waals surface area contributed by atoms with Crippen LogP contribution in [0.4, 0.5) is 0 Å². The van der Waals surface area contributed by atoms with Gasteiger partial charge in [-0.15, -0.1) is 0 Å². The van der Waals surface area contributed by atoms with Crippen molar-refractivity contribution < 1.29 is 78.0 Å². The molecule has 0 aromatic heterocycles. The lowest BCUT2D eigenvalue weighted by Crippen LogP contribution is -2.53. The summed E-state index contributed by atoms with van der Waals surface area (Å²) in [7, 11) is 12.2. The highest BCUT2D eigenvalue weighted by Gasteiger charge is 2.43. The minimum Gasteiger partial charge on any atom is -0.379 e. The molecule has 0 radical (unpaired) electrons. The zero-order valence-electron chi connectivity index (χ0n) is 53.7. The van der Waals surface area contributed by atoms with Gasteiger partial charge in [-0.25, -0.2) is 0 Å². The first-order valence-electron chi connectivity index (χ1n) is 29.5. The molecule has 0 spiro atoms. The largest absolute Gasteiger partial charge is 0.379 e. The van der Waals surface area contributed by atoms with Crippen LogP contribution in [0, 0.1) is 17.8 Å². The van der Waals surface area contributed by atoms with Crippen molar-refractivity contribution in [1.82, 2.24) is 63.8 Å². The van der Waals surface area contributed by atoms with E-state index in [0.29, 0.717) is 37.4 Å². The molecule has 3 unspecified atom stereocenters. The Morgan fingerprint density at radius 3 is 0.647 bits per heavy atom. The molecule has 28 heteroatoms. The van der Waals surface area contributed by atoms with E-state index < -0.39 is 145 Å². The topological polar surface area (TPSA) is 430 Å². The Bertz CT molecular complexity index is 1820. The molecule has 494 valence electrons. The van der Waals surface area contributed by atoms with E-state index in [1.165, 1.54) is 63.4 Å². The second-order valence-electron chi connectivity index (χ2n) is 20.9. The van der Waals surface area contributed by atoms with Gasteiger partial charge >= 0.3 is 0 Å². The lowest BCUT2D eigenvalue weighted by molar-refractivity contribution is -0.150. The van der Waals surface area contributed by atoms with Crippen LogP contribution in [0.2, 0.25) is 0 Å². The molecule has 0 fully saturated rings. The Morgan fingerprint density at radius 1 is 0.282 bits per heavy atom. The third-order valence-electron chi connectivity index (χ3n) is 14.0. The molecule has 0 rings (SSSR count). The lowest BCUT2D eigenvalue weighted by atomic mass is 9.91. The van der Waals surface area contributed by atoms with Gasteiger partial charge in [0.05, 0.1) is 51.4 Å². The fraction of sp³-hybridized carbons (Fsp3) is 0.789. The van der Waals surface area contributed by atoms with Crippen molar-refractivity contribution in [2.75, 3.05) is 83.1 Å². The van der Waals surface area contributed by atoms with Gasteiger partial charge in [-0.1, -0.05) is 99.3 Å². The predicted octanol–water partition coefficient (Wildman–Crippen LogP) is -1.30. The number of aliphatic hydroxyl groups is 4. The first-order chi connectivity index (χ1) is 39.9. The highest BCUT2D eigenvalue weighted by molar-refractivity contribution is 5.97. The number of carbonyl (C=O) groups is 12. The van der Waals surface area contributed by atoms with Gasteiger partial charge < -0.3 is 84.2 Å². The summed E-state index contributed by atoms with van der Waals surface area (Å²) in [5.41, 5.74) is -8.13. The third kappa shape index (κ3) is 37.5. The fourth-order valence-electron chi connectivity index (χ4n) is 8.12. The van der Waals surface area contributed by atoms with Gasteiger partial charge in [-0.05, 0) is 37.0 Å². The molecular formula is C57H110N12O16. The average Bonchev–Trinajstić information content (AvgIpc) is 3.68. The third-order valence-corrected chi connectivity index (χ3v) is 14.0. The highest BCUT2D eigenvalue weighted by Crippen LogP contribution is 2.21. The maximum atomic E-state index is 13.2. The van der Waals surface area contributed by atoms with Gasteiger partial charge in [-0.3, -0.25) is 57.5 Å². The van der Waals surface area contributed by atoms with Crippen LogP contribution in [0.1, 0.15) is 170 Å². The first kappa shape index (κ1) is 84.9. The standard InChI is InChI=1S/C30H59N3O4.3C9H17N3O4/c1-7-13-16-24(10-4)21-31-27(34)19-30(37,29(36)33-23-26(12-6)18-15-9-3)20-28(35)32-22-25(11-5)17-14-8-2;3*1-10-6(13)4-9(16,8(15)12-3)5-7(14)11-2/h24-26,37H,7-23H2,1-6H3,(H,31,34)(H,32,35)(H,33,36);3*16H,4-5H2,1-3H3,(H,10,13)(H,11,14)(H,12,15). The maximum absolute atomic E-state index is 13.2. The molecule has 0 saturated heterocycles. The van der Waals surface area contributed by atoms with Crippen molar-refractivity contribution in [3.8, 4) is 0 Å². The Balaban J connectivity index is -0.000000568. The molecule has 16 N–H and O–H groups in total. The summed E-state index contributed by atoms with van der Waals surface area (Å²) in [5, 5.41) is 70.2. The van der Waals surface area contributed by atoms with Crippen LogP contribution in [0.3, 0.4) is 0 Å². The van der Waals surface area contributed by atoms with Crippen LogP contribution in [0.25, 0.3) is 0 Å². The molecule has 3 atom stereocenters. The lowest BCUT2D eigenvalue weighted by Gasteiger charge is -2.28. The van der Waals surface area contributed by atoms with E-state index in [9.17, 15) is 78.0 Å². The molecule has 28 nitrogen and oxygen atoms in total. The predicted molar refractivity (Wildman–Crippen MR) is 322 cm³/mol. The SMILES string of the molecule is CCCCC(CC)CNC(=O)CC(O)(CC(=O)NCC(CC)CCCC)C(=O)NCC(CC)CCCC.CNC(=O)CC(O)(CC(=O)NC)C(=O)NC.CNC(=O)CC(O)(CC(=O)NC)C(=O)NC.CNC(=O)CC(O)(CC(=O)NC)C(=O)NC. The van der Waals surface area contributed by atoms with E-state index in [1.807, 2.05) is 0 Å². The number of likely N-dealkylation sites (N-methyl/N-ethyl adjacent to an activating group) is 3. The van der Waals surface area contributed by atoms with E-state index in [1.54, 1.807) is 0 Å². The number of hydrogen-bond acceptors (Lipinski definition) is 16. The summed E-state index contributed by atoms with van der Waals surface area (Å²) in [4.78, 5) is 140. The van der Waals surface area contributed by atoms with Crippen molar-refractivity contribution in [1.29, 1.82) is 0 Å². The highest BCUT2D eigenvalue weighted by atomic mass is 16.3. The number of hydrogen-bond donors (Lipinski definition) is 16. The van der Waals surface area contributed by atoms with Crippen LogP contribution in [0.15, 0.2) is 0 Å². The summed E-state index contributed by atoms with van der Waals surface area (Å²) >= 11 is 0. The van der Waals surface area contributed by atoms with Gasteiger partial charge in [-0.2, -0.15) is 0 Å².